The molecule has 1 saturated heterocycles. The number of hydrogen-bond donors (Lipinski definition) is 1. The molecule has 2 heterocycles. The van der Waals surface area contributed by atoms with E-state index in [0.29, 0.717) is 23.2 Å². The molecular formula is C23H19NO4. The molecule has 2 aliphatic rings. The second-order valence-electron chi connectivity index (χ2n) is 7.26. The van der Waals surface area contributed by atoms with Crippen molar-refractivity contribution in [2.24, 2.45) is 0 Å². The molecule has 0 radical (unpaired) electrons. The van der Waals surface area contributed by atoms with Crippen LogP contribution in [0.3, 0.4) is 0 Å². The summed E-state index contributed by atoms with van der Waals surface area (Å²) in [6.07, 6.45) is 0.720. The second-order valence-corrected chi connectivity index (χ2v) is 7.26. The first kappa shape index (κ1) is 17.0. The van der Waals surface area contributed by atoms with Gasteiger partial charge < -0.3 is 14.8 Å². The highest BCUT2D eigenvalue weighted by molar-refractivity contribution is 6.20. The Morgan fingerprint density at radius 2 is 1.93 bits per heavy atom. The van der Waals surface area contributed by atoms with Crippen molar-refractivity contribution in [3.05, 3.63) is 76.9 Å². The second kappa shape index (κ2) is 6.17. The summed E-state index contributed by atoms with van der Waals surface area (Å²) in [4.78, 5) is 26.2. The maximum absolute atomic E-state index is 13.5. The molecule has 0 amide bonds. The van der Waals surface area contributed by atoms with Gasteiger partial charge in [0.2, 0.25) is 0 Å². The van der Waals surface area contributed by atoms with Gasteiger partial charge in [0.25, 0.3) is 0 Å². The molecule has 1 N–H and O–H groups in total. The van der Waals surface area contributed by atoms with Gasteiger partial charge in [-0.15, -0.1) is 0 Å². The number of ether oxygens (including phenoxy) is 2. The molecule has 5 nitrogen and oxygen atoms in total. The number of ketones is 1. The molecule has 0 aromatic heterocycles. The van der Waals surface area contributed by atoms with E-state index in [1.807, 2.05) is 42.5 Å². The predicted octanol–water partition coefficient (Wildman–Crippen LogP) is 3.44. The molecule has 3 aromatic rings. The van der Waals surface area contributed by atoms with E-state index in [-0.39, 0.29) is 5.78 Å². The topological polar surface area (TPSA) is 64.6 Å². The van der Waals surface area contributed by atoms with Crippen molar-refractivity contribution >= 4 is 22.5 Å². The number of rotatable bonds is 3. The minimum absolute atomic E-state index is 0.174. The van der Waals surface area contributed by atoms with E-state index >= 15 is 0 Å². The summed E-state index contributed by atoms with van der Waals surface area (Å²) in [5, 5.41) is 5.00. The van der Waals surface area contributed by atoms with E-state index in [9.17, 15) is 9.59 Å². The largest absolute Gasteiger partial charge is 0.497 e. The molecular weight excluding hydrogens is 354 g/mol. The van der Waals surface area contributed by atoms with Crippen LogP contribution < -0.4 is 10.1 Å². The Bertz CT molecular complexity index is 1130. The van der Waals surface area contributed by atoms with Gasteiger partial charge in [0.15, 0.2) is 11.4 Å². The molecule has 0 unspecified atom stereocenters. The highest BCUT2D eigenvalue weighted by atomic mass is 16.6. The monoisotopic (exact) mass is 373 g/mol. The van der Waals surface area contributed by atoms with Crippen LogP contribution in [0.2, 0.25) is 0 Å². The Morgan fingerprint density at radius 1 is 1.11 bits per heavy atom. The average Bonchev–Trinajstić information content (AvgIpc) is 3.31. The number of carbonyl (C=O) groups is 2. The lowest BCUT2D eigenvalue weighted by Gasteiger charge is -2.21. The lowest BCUT2D eigenvalue weighted by Crippen LogP contribution is -2.28. The number of nitrogens with one attached hydrogen (secondary N) is 1. The molecule has 5 rings (SSSR count). The van der Waals surface area contributed by atoms with Crippen LogP contribution >= 0.6 is 0 Å². The summed E-state index contributed by atoms with van der Waals surface area (Å²) in [5.41, 5.74) is 1.54. The van der Waals surface area contributed by atoms with E-state index in [1.54, 1.807) is 19.2 Å². The van der Waals surface area contributed by atoms with Crippen molar-refractivity contribution in [3.8, 4) is 5.75 Å². The summed E-state index contributed by atoms with van der Waals surface area (Å²) >= 11 is 0. The van der Waals surface area contributed by atoms with E-state index in [1.165, 1.54) is 0 Å². The van der Waals surface area contributed by atoms with Crippen LogP contribution in [-0.4, -0.2) is 32.0 Å². The zero-order valence-corrected chi connectivity index (χ0v) is 15.5. The maximum Gasteiger partial charge on any atom is 0.340 e. The summed E-state index contributed by atoms with van der Waals surface area (Å²) in [7, 11) is 1.61. The first-order valence-corrected chi connectivity index (χ1v) is 9.32. The van der Waals surface area contributed by atoms with Crippen molar-refractivity contribution in [1.29, 1.82) is 0 Å². The van der Waals surface area contributed by atoms with Crippen molar-refractivity contribution in [1.82, 2.24) is 5.32 Å². The fraction of sp³-hybridized carbons (Fsp3) is 0.217. The molecule has 0 aliphatic carbocycles. The SMILES string of the molecule is COc1ccc2c(C(=O)c3cccc4c3C(=O)O[C@]43CCNC3)cccc2c1. The molecule has 0 bridgehead atoms. The van der Waals surface area contributed by atoms with Gasteiger partial charge in [0.1, 0.15) is 5.75 Å². The van der Waals surface area contributed by atoms with Gasteiger partial charge in [0, 0.05) is 29.7 Å². The molecule has 5 heteroatoms. The number of methoxy groups -OCH3 is 1. The van der Waals surface area contributed by atoms with Gasteiger partial charge >= 0.3 is 5.97 Å². The van der Waals surface area contributed by atoms with Crippen LogP contribution in [0.5, 0.6) is 5.75 Å². The van der Waals surface area contributed by atoms with Crippen LogP contribution in [0.25, 0.3) is 10.8 Å². The predicted molar refractivity (Wildman–Crippen MR) is 105 cm³/mol. The van der Waals surface area contributed by atoms with Crippen LogP contribution in [0.4, 0.5) is 0 Å². The summed E-state index contributed by atoms with van der Waals surface area (Å²) in [5.74, 6) is 0.147. The normalized spacial score (nSPS) is 20.4. The minimum Gasteiger partial charge on any atom is -0.497 e. The number of benzene rings is 3. The number of fused-ring (bicyclic) bond motifs is 3. The van der Waals surface area contributed by atoms with Gasteiger partial charge in [-0.1, -0.05) is 36.4 Å². The van der Waals surface area contributed by atoms with E-state index in [4.69, 9.17) is 9.47 Å². The lowest BCUT2D eigenvalue weighted by atomic mass is 9.87. The summed E-state index contributed by atoms with van der Waals surface area (Å²) in [6.45, 7) is 1.37. The smallest absolute Gasteiger partial charge is 0.340 e. The highest BCUT2D eigenvalue weighted by Gasteiger charge is 2.48. The molecule has 0 saturated carbocycles. The molecule has 2 aliphatic heterocycles. The molecule has 1 fully saturated rings. The van der Waals surface area contributed by atoms with Crippen LogP contribution in [0.15, 0.2) is 54.6 Å². The van der Waals surface area contributed by atoms with Crippen molar-refractivity contribution in [3.63, 3.8) is 0 Å². The van der Waals surface area contributed by atoms with Crippen LogP contribution in [-0.2, 0) is 10.3 Å². The van der Waals surface area contributed by atoms with Crippen LogP contribution in [0.1, 0.15) is 38.3 Å². The molecule has 1 spiro atoms. The number of esters is 1. The summed E-state index contributed by atoms with van der Waals surface area (Å²) in [6, 6.07) is 16.6. The Kier molecular flexibility index (Phi) is 3.74. The maximum atomic E-state index is 13.5. The Labute approximate surface area is 162 Å². The molecule has 1 atom stereocenters. The van der Waals surface area contributed by atoms with Crippen molar-refractivity contribution in [2.75, 3.05) is 20.2 Å². The molecule has 140 valence electrons. The third-order valence-corrected chi connectivity index (χ3v) is 5.74. The van der Waals surface area contributed by atoms with E-state index in [0.717, 1.165) is 35.1 Å². The Hall–Kier alpha value is -3.18. The molecule has 3 aromatic carbocycles. The van der Waals surface area contributed by atoms with E-state index in [2.05, 4.69) is 5.32 Å². The van der Waals surface area contributed by atoms with Crippen LogP contribution in [0, 0.1) is 0 Å². The fourth-order valence-electron chi connectivity index (χ4n) is 4.34. The zero-order valence-electron chi connectivity index (χ0n) is 15.5. The van der Waals surface area contributed by atoms with E-state index < -0.39 is 11.6 Å². The van der Waals surface area contributed by atoms with Crippen molar-refractivity contribution in [2.45, 2.75) is 12.0 Å². The minimum atomic E-state index is -0.644. The number of hydrogen-bond acceptors (Lipinski definition) is 5. The first-order valence-electron chi connectivity index (χ1n) is 9.32. The highest BCUT2D eigenvalue weighted by Crippen LogP contribution is 2.42. The lowest BCUT2D eigenvalue weighted by molar-refractivity contribution is 0.00159. The zero-order chi connectivity index (χ0) is 19.3. The van der Waals surface area contributed by atoms with Gasteiger partial charge in [-0.25, -0.2) is 4.79 Å². The van der Waals surface area contributed by atoms with Gasteiger partial charge in [-0.3, -0.25) is 4.79 Å². The van der Waals surface area contributed by atoms with Gasteiger partial charge in [-0.05, 0) is 35.5 Å². The van der Waals surface area contributed by atoms with Gasteiger partial charge in [-0.2, -0.15) is 0 Å². The third kappa shape index (κ3) is 2.36. The Balaban J connectivity index is 1.66. The first-order chi connectivity index (χ1) is 13.6. The Morgan fingerprint density at radius 3 is 2.71 bits per heavy atom. The fourth-order valence-corrected chi connectivity index (χ4v) is 4.34. The standard InChI is InChI=1S/C23H19NO4/c1-27-15-8-9-16-14(12-15)4-2-5-17(16)21(25)18-6-3-7-19-20(18)22(26)28-23(19)10-11-24-13-23/h2-9,12,24H,10-11,13H2,1H3/t23-/m0/s1. The van der Waals surface area contributed by atoms with Crippen molar-refractivity contribution < 1.29 is 19.1 Å². The third-order valence-electron chi connectivity index (χ3n) is 5.74. The quantitative estimate of drug-likeness (QED) is 0.563. The summed E-state index contributed by atoms with van der Waals surface area (Å²) < 4.78 is 11.0. The van der Waals surface area contributed by atoms with Gasteiger partial charge in [0.05, 0.1) is 12.7 Å². The number of carbonyl (C=O) groups excluding carboxylic acids is 2. The molecule has 28 heavy (non-hydrogen) atoms. The average molecular weight is 373 g/mol.